The maximum atomic E-state index is 13.5. The molecule has 1 N–H and O–H groups in total. The Balaban J connectivity index is 2.14. The van der Waals surface area contributed by atoms with Gasteiger partial charge >= 0.3 is 30.0 Å². The molecular formula is C32H36O14. The molecule has 46 heavy (non-hydrogen) atoms. The van der Waals surface area contributed by atoms with Crippen LogP contribution in [0.4, 0.5) is 4.79 Å². The third kappa shape index (κ3) is 8.31. The minimum absolute atomic E-state index is 0.0171. The lowest BCUT2D eigenvalue weighted by molar-refractivity contribution is -0.144. The number of carboxylic acid groups (broad SMARTS) is 1. The van der Waals surface area contributed by atoms with E-state index in [4.69, 9.17) is 28.4 Å². The van der Waals surface area contributed by atoms with E-state index in [0.29, 0.717) is 17.4 Å². The van der Waals surface area contributed by atoms with Crippen molar-refractivity contribution in [3.05, 3.63) is 39.9 Å². The summed E-state index contributed by atoms with van der Waals surface area (Å²) < 4.78 is 37.7. The number of esters is 4. The average molecular weight is 645 g/mol. The maximum absolute atomic E-state index is 13.5. The monoisotopic (exact) mass is 644 g/mol. The lowest BCUT2D eigenvalue weighted by atomic mass is 9.91. The molecule has 2 aromatic carbocycles. The molecule has 0 saturated heterocycles. The minimum atomic E-state index is -1.85. The number of hydrogen-bond donors (Lipinski definition) is 1. The molecule has 248 valence electrons. The summed E-state index contributed by atoms with van der Waals surface area (Å²) >= 11 is 0. The standard InChI is InChI=1S/C32H36O14/c1-6-41-24(34)11-8-10-19(30(36)46-32(38)39)20-15-22(40-5)18(4)27-29(20)44-28-21(16-33)23(14-17(3)26(28)31(37)45-27)43-13-9-12-25(35)42-7-2/h14-16,19H,6-13H2,1-5H3,(H,38,39). The van der Waals surface area contributed by atoms with Crippen molar-refractivity contribution in [3.8, 4) is 28.7 Å². The van der Waals surface area contributed by atoms with Gasteiger partial charge in [-0.2, -0.15) is 0 Å². The van der Waals surface area contributed by atoms with Crippen molar-refractivity contribution in [1.82, 2.24) is 0 Å². The third-order valence-corrected chi connectivity index (χ3v) is 7.00. The lowest BCUT2D eigenvalue weighted by Crippen LogP contribution is -2.20. The van der Waals surface area contributed by atoms with Crippen LogP contribution in [0.25, 0.3) is 0 Å². The van der Waals surface area contributed by atoms with Crippen LogP contribution in [-0.4, -0.2) is 68.4 Å². The van der Waals surface area contributed by atoms with E-state index in [-0.39, 0.29) is 97.4 Å². The molecule has 0 saturated carbocycles. The van der Waals surface area contributed by atoms with Crippen LogP contribution in [-0.2, 0) is 28.6 Å². The van der Waals surface area contributed by atoms with Gasteiger partial charge in [0.15, 0.2) is 23.5 Å². The normalized spacial score (nSPS) is 12.2. The van der Waals surface area contributed by atoms with Crippen LogP contribution in [0, 0.1) is 13.8 Å². The number of ether oxygens (including phenoxy) is 7. The molecule has 2 aromatic rings. The van der Waals surface area contributed by atoms with Gasteiger partial charge in [-0.15, -0.1) is 0 Å². The number of hydrogen-bond acceptors (Lipinski definition) is 13. The van der Waals surface area contributed by atoms with E-state index in [1.807, 2.05) is 0 Å². The SMILES string of the molecule is CCOC(=O)CCCOc1cc(C)c2c(c1C=O)Oc1c(C(CCCC(=O)OCC)C(=O)OC(=O)O)cc(OC)c(C)c1OC2=O. The van der Waals surface area contributed by atoms with E-state index in [1.165, 1.54) is 19.2 Å². The highest BCUT2D eigenvalue weighted by molar-refractivity contribution is 6.02. The summed E-state index contributed by atoms with van der Waals surface area (Å²) in [5.74, 6) is -4.63. The average Bonchev–Trinajstić information content (AvgIpc) is 3.15. The first kappa shape index (κ1) is 35.3. The number of aryl methyl sites for hydroxylation is 1. The van der Waals surface area contributed by atoms with Crippen molar-refractivity contribution in [2.75, 3.05) is 26.9 Å². The van der Waals surface area contributed by atoms with Crippen LogP contribution in [0.2, 0.25) is 0 Å². The summed E-state index contributed by atoms with van der Waals surface area (Å²) in [5.41, 5.74) is 0.422. The van der Waals surface area contributed by atoms with E-state index in [2.05, 4.69) is 4.74 Å². The number of carbonyl (C=O) groups excluding carboxylic acids is 5. The molecular weight excluding hydrogens is 608 g/mol. The smallest absolute Gasteiger partial charge is 0.496 e. The van der Waals surface area contributed by atoms with Crippen LogP contribution < -0.4 is 18.9 Å². The molecule has 0 radical (unpaired) electrons. The molecule has 1 aliphatic heterocycles. The fraction of sp³-hybridized carbons (Fsp3) is 0.438. The molecule has 0 amide bonds. The van der Waals surface area contributed by atoms with Crippen molar-refractivity contribution in [2.45, 2.75) is 65.7 Å². The number of rotatable bonds is 15. The Bertz CT molecular complexity index is 1510. The number of fused-ring (bicyclic) bond motifs is 2. The molecule has 0 fully saturated rings. The number of aldehydes is 1. The summed E-state index contributed by atoms with van der Waals surface area (Å²) in [6.45, 7) is 6.91. The summed E-state index contributed by atoms with van der Waals surface area (Å²) in [6.07, 6.45) is -1.16. The van der Waals surface area contributed by atoms with Crippen molar-refractivity contribution < 1.29 is 67.0 Å². The molecule has 0 aliphatic carbocycles. The second-order valence-electron chi connectivity index (χ2n) is 10.1. The second-order valence-corrected chi connectivity index (χ2v) is 10.1. The molecule has 3 rings (SSSR count). The van der Waals surface area contributed by atoms with Crippen LogP contribution in [0.15, 0.2) is 12.1 Å². The van der Waals surface area contributed by atoms with Crippen molar-refractivity contribution in [2.24, 2.45) is 0 Å². The van der Waals surface area contributed by atoms with Crippen LogP contribution >= 0.6 is 0 Å². The summed E-state index contributed by atoms with van der Waals surface area (Å²) in [4.78, 5) is 74.2. The van der Waals surface area contributed by atoms with Crippen LogP contribution in [0.3, 0.4) is 0 Å². The first-order valence-corrected chi connectivity index (χ1v) is 14.6. The highest BCUT2D eigenvalue weighted by Gasteiger charge is 2.37. The van der Waals surface area contributed by atoms with E-state index in [0.717, 1.165) is 0 Å². The Kier molecular flexibility index (Phi) is 12.5. The maximum Gasteiger partial charge on any atom is 0.513 e. The predicted octanol–water partition coefficient (Wildman–Crippen LogP) is 5.21. The van der Waals surface area contributed by atoms with Gasteiger partial charge in [-0.05, 0) is 64.7 Å². The highest BCUT2D eigenvalue weighted by Crippen LogP contribution is 2.51. The molecule has 1 unspecified atom stereocenters. The topological polar surface area (TPSA) is 187 Å². The number of methoxy groups -OCH3 is 1. The molecule has 14 nitrogen and oxygen atoms in total. The van der Waals surface area contributed by atoms with E-state index in [9.17, 15) is 33.9 Å². The largest absolute Gasteiger partial charge is 0.513 e. The molecule has 0 bridgehead atoms. The van der Waals surface area contributed by atoms with Gasteiger partial charge in [0.1, 0.15) is 17.1 Å². The Labute approximate surface area is 264 Å². The number of carbonyl (C=O) groups is 6. The summed E-state index contributed by atoms with van der Waals surface area (Å²) in [7, 11) is 1.35. The zero-order valence-corrected chi connectivity index (χ0v) is 26.2. The molecule has 1 aliphatic rings. The molecule has 0 spiro atoms. The van der Waals surface area contributed by atoms with E-state index >= 15 is 0 Å². The quantitative estimate of drug-likeness (QED) is 0.0664. The molecule has 14 heteroatoms. The Morgan fingerprint density at radius 1 is 0.913 bits per heavy atom. The van der Waals surface area contributed by atoms with Crippen LogP contribution in [0.5, 0.6) is 28.7 Å². The van der Waals surface area contributed by atoms with Gasteiger partial charge in [-0.3, -0.25) is 19.2 Å². The van der Waals surface area contributed by atoms with Gasteiger partial charge in [0.2, 0.25) is 0 Å². The van der Waals surface area contributed by atoms with Crippen LogP contribution in [0.1, 0.15) is 89.3 Å². The van der Waals surface area contributed by atoms with Crippen molar-refractivity contribution in [1.29, 1.82) is 0 Å². The van der Waals surface area contributed by atoms with Crippen molar-refractivity contribution in [3.63, 3.8) is 0 Å². The van der Waals surface area contributed by atoms with Gasteiger partial charge in [-0.1, -0.05) is 0 Å². The predicted molar refractivity (Wildman–Crippen MR) is 158 cm³/mol. The van der Waals surface area contributed by atoms with Gasteiger partial charge in [0.05, 0.1) is 38.4 Å². The zero-order chi connectivity index (χ0) is 34.0. The third-order valence-electron chi connectivity index (χ3n) is 7.00. The summed E-state index contributed by atoms with van der Waals surface area (Å²) in [6, 6.07) is 2.87. The van der Waals surface area contributed by atoms with E-state index in [1.54, 1.807) is 27.7 Å². The molecule has 0 aromatic heterocycles. The van der Waals surface area contributed by atoms with Gasteiger partial charge < -0.3 is 38.3 Å². The Morgan fingerprint density at radius 2 is 1.57 bits per heavy atom. The minimum Gasteiger partial charge on any atom is -0.496 e. The van der Waals surface area contributed by atoms with Gasteiger partial charge in [0, 0.05) is 24.0 Å². The zero-order valence-electron chi connectivity index (χ0n) is 26.2. The van der Waals surface area contributed by atoms with Gasteiger partial charge in [0.25, 0.3) is 0 Å². The van der Waals surface area contributed by atoms with Crippen molar-refractivity contribution >= 4 is 36.3 Å². The first-order valence-electron chi connectivity index (χ1n) is 14.6. The fourth-order valence-corrected chi connectivity index (χ4v) is 4.91. The second kappa shape index (κ2) is 16.3. The number of benzene rings is 2. The van der Waals surface area contributed by atoms with Gasteiger partial charge in [-0.25, -0.2) is 9.59 Å². The summed E-state index contributed by atoms with van der Waals surface area (Å²) in [5, 5.41) is 9.21. The fourth-order valence-electron chi connectivity index (χ4n) is 4.91. The highest BCUT2D eigenvalue weighted by atomic mass is 16.7. The Morgan fingerprint density at radius 3 is 2.15 bits per heavy atom. The molecule has 1 atom stereocenters. The molecule has 1 heterocycles. The Hall–Kier alpha value is -5.14. The first-order chi connectivity index (χ1) is 22.0. The lowest BCUT2D eigenvalue weighted by Gasteiger charge is -2.22. The van der Waals surface area contributed by atoms with E-state index < -0.39 is 36.0 Å².